The predicted octanol–water partition coefficient (Wildman–Crippen LogP) is 2.41. The molecule has 7 heteroatoms. The van der Waals surface area contributed by atoms with Gasteiger partial charge in [0.1, 0.15) is 17.2 Å². The molecule has 2 aromatic heterocycles. The van der Waals surface area contributed by atoms with Crippen molar-refractivity contribution in [2.75, 3.05) is 13.2 Å². The molecule has 0 aliphatic carbocycles. The number of aromatic amines is 1. The predicted molar refractivity (Wildman–Crippen MR) is 94.0 cm³/mol. The molecular formula is C17H17N3O3S. The fourth-order valence-corrected chi connectivity index (χ4v) is 3.48. The maximum atomic E-state index is 12.3. The highest BCUT2D eigenvalue weighted by Gasteiger charge is 2.17. The minimum Gasteiger partial charge on any atom is -0.492 e. The highest BCUT2D eigenvalue weighted by molar-refractivity contribution is 7.20. The van der Waals surface area contributed by atoms with Gasteiger partial charge in [0.2, 0.25) is 0 Å². The standard InChI is InChI=1S/C17H17N3O3S/c1-10-4-3-5-12(8-10)23-7-6-18-16(22)14-11(2)13-15(21)19-9-20-17(13)24-14/h3-5,8-9H,6-7H2,1-2H3,(H,18,22)(H,19,20,21). The number of rotatable bonds is 5. The van der Waals surface area contributed by atoms with Crippen LogP contribution in [-0.4, -0.2) is 29.0 Å². The zero-order valence-corrected chi connectivity index (χ0v) is 14.2. The van der Waals surface area contributed by atoms with Gasteiger partial charge in [-0.05, 0) is 37.1 Å². The summed E-state index contributed by atoms with van der Waals surface area (Å²) in [6.45, 7) is 4.50. The summed E-state index contributed by atoms with van der Waals surface area (Å²) < 4.78 is 5.60. The highest BCUT2D eigenvalue weighted by Crippen LogP contribution is 2.26. The van der Waals surface area contributed by atoms with Crippen molar-refractivity contribution in [3.8, 4) is 5.75 Å². The van der Waals surface area contributed by atoms with Crippen LogP contribution in [0.3, 0.4) is 0 Å². The molecule has 6 nitrogen and oxygen atoms in total. The van der Waals surface area contributed by atoms with Gasteiger partial charge in [0.05, 0.1) is 23.1 Å². The number of thiophene rings is 1. The van der Waals surface area contributed by atoms with Gasteiger partial charge in [-0.25, -0.2) is 4.98 Å². The Balaban J connectivity index is 1.62. The van der Waals surface area contributed by atoms with Crippen LogP contribution >= 0.6 is 11.3 Å². The van der Waals surface area contributed by atoms with Gasteiger partial charge >= 0.3 is 0 Å². The van der Waals surface area contributed by atoms with Crippen LogP contribution in [0.1, 0.15) is 20.8 Å². The molecule has 0 radical (unpaired) electrons. The van der Waals surface area contributed by atoms with Crippen molar-refractivity contribution in [2.24, 2.45) is 0 Å². The maximum Gasteiger partial charge on any atom is 0.261 e. The number of aromatic nitrogens is 2. The van der Waals surface area contributed by atoms with Crippen molar-refractivity contribution >= 4 is 27.5 Å². The lowest BCUT2D eigenvalue weighted by Gasteiger charge is -2.08. The lowest BCUT2D eigenvalue weighted by molar-refractivity contribution is 0.0950. The molecule has 1 amide bonds. The first-order valence-electron chi connectivity index (χ1n) is 7.50. The molecule has 1 aromatic carbocycles. The van der Waals surface area contributed by atoms with E-state index >= 15 is 0 Å². The summed E-state index contributed by atoms with van der Waals surface area (Å²) in [5, 5.41) is 3.29. The quantitative estimate of drug-likeness (QED) is 0.697. The number of H-pyrrole nitrogens is 1. The van der Waals surface area contributed by atoms with Gasteiger partial charge in [-0.1, -0.05) is 12.1 Å². The molecule has 3 rings (SSSR count). The summed E-state index contributed by atoms with van der Waals surface area (Å²) >= 11 is 1.22. The summed E-state index contributed by atoms with van der Waals surface area (Å²) in [4.78, 5) is 31.9. The van der Waals surface area contributed by atoms with Crippen LogP contribution in [0.2, 0.25) is 0 Å². The van der Waals surface area contributed by atoms with Crippen LogP contribution < -0.4 is 15.6 Å². The lowest BCUT2D eigenvalue weighted by Crippen LogP contribution is -2.28. The zero-order chi connectivity index (χ0) is 17.1. The van der Waals surface area contributed by atoms with Crippen molar-refractivity contribution in [1.29, 1.82) is 0 Å². The summed E-state index contributed by atoms with van der Waals surface area (Å²) in [6, 6.07) is 7.74. The summed E-state index contributed by atoms with van der Waals surface area (Å²) in [5.41, 5.74) is 1.55. The van der Waals surface area contributed by atoms with Gasteiger partial charge in [-0.15, -0.1) is 11.3 Å². The Morgan fingerprint density at radius 2 is 2.21 bits per heavy atom. The Bertz CT molecular complexity index is 946. The molecule has 0 atom stereocenters. The largest absolute Gasteiger partial charge is 0.492 e. The molecular weight excluding hydrogens is 326 g/mol. The van der Waals surface area contributed by atoms with Gasteiger partial charge in [0.25, 0.3) is 11.5 Å². The van der Waals surface area contributed by atoms with Crippen LogP contribution in [0.25, 0.3) is 10.2 Å². The first-order chi connectivity index (χ1) is 11.6. The minimum atomic E-state index is -0.226. The van der Waals surface area contributed by atoms with Crippen molar-refractivity contribution in [3.63, 3.8) is 0 Å². The first kappa shape index (κ1) is 16.2. The molecule has 0 spiro atoms. The average molecular weight is 343 g/mol. The molecule has 0 bridgehead atoms. The SMILES string of the molecule is Cc1cccc(OCCNC(=O)c2sc3nc[nH]c(=O)c3c2C)c1. The molecule has 124 valence electrons. The van der Waals surface area contributed by atoms with Gasteiger partial charge in [-0.3, -0.25) is 9.59 Å². The average Bonchev–Trinajstić information content (AvgIpc) is 2.90. The summed E-state index contributed by atoms with van der Waals surface area (Å²) in [6.07, 6.45) is 1.35. The van der Waals surface area contributed by atoms with Crippen molar-refractivity contribution in [2.45, 2.75) is 13.8 Å². The van der Waals surface area contributed by atoms with Crippen molar-refractivity contribution < 1.29 is 9.53 Å². The van der Waals surface area contributed by atoms with E-state index in [1.807, 2.05) is 31.2 Å². The molecule has 2 N–H and O–H groups in total. The van der Waals surface area contributed by atoms with E-state index in [0.29, 0.717) is 33.8 Å². The van der Waals surface area contributed by atoms with E-state index in [1.165, 1.54) is 17.7 Å². The number of nitrogens with zero attached hydrogens (tertiary/aromatic N) is 1. The number of nitrogens with one attached hydrogen (secondary N) is 2. The lowest BCUT2D eigenvalue weighted by atomic mass is 10.2. The number of amides is 1. The monoisotopic (exact) mass is 343 g/mol. The van der Waals surface area contributed by atoms with E-state index in [2.05, 4.69) is 15.3 Å². The second-order valence-electron chi connectivity index (χ2n) is 5.39. The minimum absolute atomic E-state index is 0.220. The molecule has 0 saturated heterocycles. The van der Waals surface area contributed by atoms with Gasteiger partial charge in [-0.2, -0.15) is 0 Å². The number of carbonyl (C=O) groups excluding carboxylic acids is 1. The molecule has 2 heterocycles. The van der Waals surface area contributed by atoms with E-state index < -0.39 is 0 Å². The van der Waals surface area contributed by atoms with Gasteiger partial charge in [0, 0.05) is 0 Å². The fourth-order valence-electron chi connectivity index (χ4n) is 2.41. The molecule has 0 fully saturated rings. The number of aryl methyl sites for hydroxylation is 2. The second-order valence-corrected chi connectivity index (χ2v) is 6.39. The van der Waals surface area contributed by atoms with Crippen molar-refractivity contribution in [1.82, 2.24) is 15.3 Å². The number of hydrogen-bond donors (Lipinski definition) is 2. The highest BCUT2D eigenvalue weighted by atomic mass is 32.1. The Labute approximate surface area is 142 Å². The van der Waals surface area contributed by atoms with E-state index in [-0.39, 0.29) is 11.5 Å². The topological polar surface area (TPSA) is 84.1 Å². The number of ether oxygens (including phenoxy) is 1. The smallest absolute Gasteiger partial charge is 0.261 e. The molecule has 0 unspecified atom stereocenters. The van der Waals surface area contributed by atoms with E-state index in [9.17, 15) is 9.59 Å². The number of benzene rings is 1. The molecule has 3 aromatic rings. The van der Waals surface area contributed by atoms with Crippen LogP contribution in [0, 0.1) is 13.8 Å². The maximum absolute atomic E-state index is 12.3. The Kier molecular flexibility index (Phi) is 4.61. The van der Waals surface area contributed by atoms with E-state index in [1.54, 1.807) is 6.92 Å². The van der Waals surface area contributed by atoms with Gasteiger partial charge < -0.3 is 15.0 Å². The van der Waals surface area contributed by atoms with E-state index in [0.717, 1.165) is 11.3 Å². The molecule has 0 saturated carbocycles. The van der Waals surface area contributed by atoms with Crippen LogP contribution in [0.15, 0.2) is 35.4 Å². The van der Waals surface area contributed by atoms with Crippen LogP contribution in [0.4, 0.5) is 0 Å². The van der Waals surface area contributed by atoms with Gasteiger partial charge in [0.15, 0.2) is 0 Å². The number of fused-ring (bicyclic) bond motifs is 1. The fraction of sp³-hybridized carbons (Fsp3) is 0.235. The number of hydrogen-bond acceptors (Lipinski definition) is 5. The van der Waals surface area contributed by atoms with Crippen LogP contribution in [0.5, 0.6) is 5.75 Å². The molecule has 24 heavy (non-hydrogen) atoms. The third-order valence-corrected chi connectivity index (χ3v) is 4.78. The first-order valence-corrected chi connectivity index (χ1v) is 8.32. The van der Waals surface area contributed by atoms with Crippen LogP contribution in [-0.2, 0) is 0 Å². The molecule has 0 aliphatic heterocycles. The third-order valence-electron chi connectivity index (χ3n) is 3.58. The number of carbonyl (C=O) groups is 1. The molecule has 0 aliphatic rings. The van der Waals surface area contributed by atoms with E-state index in [4.69, 9.17) is 4.74 Å². The van der Waals surface area contributed by atoms with Crippen molar-refractivity contribution in [3.05, 3.63) is 57.0 Å². The normalized spacial score (nSPS) is 10.8. The Morgan fingerprint density at radius 3 is 2.96 bits per heavy atom. The zero-order valence-electron chi connectivity index (χ0n) is 13.4. The summed E-state index contributed by atoms with van der Waals surface area (Å²) in [5.74, 6) is 0.556. The Hall–Kier alpha value is -2.67. The summed E-state index contributed by atoms with van der Waals surface area (Å²) in [7, 11) is 0. The third kappa shape index (κ3) is 3.30. The second kappa shape index (κ2) is 6.84. The Morgan fingerprint density at radius 1 is 1.38 bits per heavy atom.